The Hall–Kier alpha value is -3.91. The third-order valence-electron chi connectivity index (χ3n) is 6.19. The molecule has 0 saturated carbocycles. The smallest absolute Gasteiger partial charge is 0.267 e. The number of benzene rings is 3. The van der Waals surface area contributed by atoms with E-state index in [0.29, 0.717) is 27.6 Å². The van der Waals surface area contributed by atoms with Crippen LogP contribution in [0.15, 0.2) is 76.7 Å². The summed E-state index contributed by atoms with van der Waals surface area (Å²) in [5, 5.41) is 10.2. The van der Waals surface area contributed by atoms with Crippen LogP contribution in [-0.2, 0) is 5.75 Å². The number of amides is 1. The minimum atomic E-state index is -0.119. The van der Waals surface area contributed by atoms with E-state index in [4.69, 9.17) is 0 Å². The van der Waals surface area contributed by atoms with Crippen LogP contribution in [0.25, 0.3) is 22.4 Å². The van der Waals surface area contributed by atoms with E-state index in [1.807, 2.05) is 85.0 Å². The van der Waals surface area contributed by atoms with Gasteiger partial charge in [0.15, 0.2) is 5.16 Å². The molecule has 7 nitrogen and oxygen atoms in total. The highest BCUT2D eigenvalue weighted by molar-refractivity contribution is 7.98. The number of para-hydroxylation sites is 1. The largest absolute Gasteiger partial charge is 0.345 e. The van der Waals surface area contributed by atoms with Crippen molar-refractivity contribution in [1.29, 1.82) is 0 Å². The van der Waals surface area contributed by atoms with Crippen molar-refractivity contribution in [3.05, 3.63) is 99.3 Å². The van der Waals surface area contributed by atoms with Crippen LogP contribution in [0.3, 0.4) is 0 Å². The Balaban J connectivity index is 1.60. The maximum absolute atomic E-state index is 13.6. The molecule has 35 heavy (non-hydrogen) atoms. The van der Waals surface area contributed by atoms with E-state index in [0.717, 1.165) is 27.9 Å². The minimum absolute atomic E-state index is 0.0245. The molecule has 0 N–H and O–H groups in total. The monoisotopic (exact) mass is 483 g/mol. The lowest BCUT2D eigenvalue weighted by molar-refractivity contribution is 0.0827. The fraction of sp³-hybridized carbons (Fsp3) is 0.185. The Morgan fingerprint density at radius 2 is 1.69 bits per heavy atom. The molecule has 5 aromatic rings. The number of carbonyl (C=O) groups is 1. The summed E-state index contributed by atoms with van der Waals surface area (Å²) in [5.74, 6) is 1.11. The van der Waals surface area contributed by atoms with Crippen molar-refractivity contribution >= 4 is 34.3 Å². The molecule has 0 radical (unpaired) electrons. The summed E-state index contributed by atoms with van der Waals surface area (Å²) in [6.07, 6.45) is 0. The second-order valence-electron chi connectivity index (χ2n) is 8.68. The second kappa shape index (κ2) is 9.03. The number of hydrogen-bond acceptors (Lipinski definition) is 5. The summed E-state index contributed by atoms with van der Waals surface area (Å²) in [5.41, 5.74) is 5.30. The third kappa shape index (κ3) is 4.00. The van der Waals surface area contributed by atoms with Gasteiger partial charge in [-0.2, -0.15) is 0 Å². The molecule has 0 atom stereocenters. The molecule has 0 aliphatic heterocycles. The first kappa shape index (κ1) is 22.9. The Kier molecular flexibility index (Phi) is 5.90. The van der Waals surface area contributed by atoms with Crippen molar-refractivity contribution in [3.63, 3.8) is 0 Å². The van der Waals surface area contributed by atoms with Crippen LogP contribution in [0.5, 0.6) is 0 Å². The third-order valence-corrected chi connectivity index (χ3v) is 7.19. The van der Waals surface area contributed by atoms with Crippen LogP contribution < -0.4 is 5.56 Å². The number of fused-ring (bicyclic) bond motifs is 3. The molecular formula is C27H25N5O2S. The SMILES string of the molecule is Cc1cccc(-n2c(=O)c3ccccc3n3c(SCc4ccc(C(=O)N(C)C)cc4)nnc23)c1C. The summed E-state index contributed by atoms with van der Waals surface area (Å²) in [7, 11) is 3.48. The molecule has 0 spiro atoms. The lowest BCUT2D eigenvalue weighted by Gasteiger charge is -2.14. The lowest BCUT2D eigenvalue weighted by Crippen LogP contribution is -2.22. The molecular weight excluding hydrogens is 458 g/mol. The molecule has 5 rings (SSSR count). The number of thioether (sulfide) groups is 1. The first-order valence-corrected chi connectivity index (χ1v) is 12.2. The second-order valence-corrected chi connectivity index (χ2v) is 9.62. The highest BCUT2D eigenvalue weighted by Gasteiger charge is 2.19. The number of carbonyl (C=O) groups excluding carboxylic acids is 1. The number of rotatable bonds is 5. The van der Waals surface area contributed by atoms with E-state index >= 15 is 0 Å². The Morgan fingerprint density at radius 3 is 2.43 bits per heavy atom. The molecule has 0 fully saturated rings. The van der Waals surface area contributed by atoms with Crippen LogP contribution in [0.1, 0.15) is 27.0 Å². The number of nitrogens with zero attached hydrogens (tertiary/aromatic N) is 5. The van der Waals surface area contributed by atoms with E-state index in [-0.39, 0.29) is 11.5 Å². The van der Waals surface area contributed by atoms with Crippen LogP contribution in [0.4, 0.5) is 0 Å². The van der Waals surface area contributed by atoms with Gasteiger partial charge in [0.05, 0.1) is 16.6 Å². The zero-order chi connectivity index (χ0) is 24.7. The van der Waals surface area contributed by atoms with Gasteiger partial charge in [0.25, 0.3) is 11.5 Å². The van der Waals surface area contributed by atoms with Crippen molar-refractivity contribution in [1.82, 2.24) is 24.1 Å². The zero-order valence-electron chi connectivity index (χ0n) is 20.0. The molecule has 2 aromatic heterocycles. The molecule has 0 aliphatic carbocycles. The van der Waals surface area contributed by atoms with Gasteiger partial charge >= 0.3 is 0 Å². The molecule has 0 saturated heterocycles. The quantitative estimate of drug-likeness (QED) is 0.341. The first-order valence-electron chi connectivity index (χ1n) is 11.3. The van der Waals surface area contributed by atoms with Gasteiger partial charge in [0.1, 0.15) is 0 Å². The fourth-order valence-corrected chi connectivity index (χ4v) is 5.01. The maximum atomic E-state index is 13.6. The summed E-state index contributed by atoms with van der Waals surface area (Å²) in [6, 6.07) is 21.1. The van der Waals surface area contributed by atoms with Gasteiger partial charge < -0.3 is 4.90 Å². The van der Waals surface area contributed by atoms with Gasteiger partial charge in [-0.3, -0.25) is 14.0 Å². The van der Waals surface area contributed by atoms with Gasteiger partial charge in [0, 0.05) is 25.4 Å². The van der Waals surface area contributed by atoms with Crippen LogP contribution >= 0.6 is 11.8 Å². The van der Waals surface area contributed by atoms with Crippen molar-refractivity contribution in [2.24, 2.45) is 0 Å². The Labute approximate surface area is 207 Å². The van der Waals surface area contributed by atoms with Gasteiger partial charge in [0.2, 0.25) is 5.78 Å². The van der Waals surface area contributed by atoms with E-state index in [1.165, 1.54) is 0 Å². The average molecular weight is 484 g/mol. The van der Waals surface area contributed by atoms with Gasteiger partial charge in [-0.15, -0.1) is 10.2 Å². The molecule has 1 amide bonds. The highest BCUT2D eigenvalue weighted by Crippen LogP contribution is 2.27. The van der Waals surface area contributed by atoms with Crippen LogP contribution in [0.2, 0.25) is 0 Å². The lowest BCUT2D eigenvalue weighted by atomic mass is 10.1. The molecule has 0 unspecified atom stereocenters. The standard InChI is InChI=1S/C27H25N5O2S/c1-17-8-7-11-22(18(17)2)31-25(34)21-9-5-6-10-23(21)32-26(31)28-29-27(32)35-16-19-12-14-20(15-13-19)24(33)30(3)4/h5-15H,16H2,1-4H3. The average Bonchev–Trinajstić information content (AvgIpc) is 3.29. The summed E-state index contributed by atoms with van der Waals surface area (Å²) in [4.78, 5) is 27.3. The molecule has 2 heterocycles. The van der Waals surface area contributed by atoms with Crippen molar-refractivity contribution in [2.45, 2.75) is 24.8 Å². The Morgan fingerprint density at radius 1 is 0.943 bits per heavy atom. The van der Waals surface area contributed by atoms with E-state index < -0.39 is 0 Å². The summed E-state index contributed by atoms with van der Waals surface area (Å²) >= 11 is 1.54. The van der Waals surface area contributed by atoms with Gasteiger partial charge in [-0.05, 0) is 60.9 Å². The fourth-order valence-electron chi connectivity index (χ4n) is 4.12. The first-order chi connectivity index (χ1) is 16.9. The molecule has 176 valence electrons. The highest BCUT2D eigenvalue weighted by atomic mass is 32.2. The van der Waals surface area contributed by atoms with E-state index in [9.17, 15) is 9.59 Å². The number of aryl methyl sites for hydroxylation is 1. The van der Waals surface area contributed by atoms with Crippen molar-refractivity contribution in [2.75, 3.05) is 14.1 Å². The predicted octanol–water partition coefficient (Wildman–Crippen LogP) is 4.64. The van der Waals surface area contributed by atoms with Gasteiger partial charge in [-0.25, -0.2) is 4.57 Å². The number of aromatic nitrogens is 4. The van der Waals surface area contributed by atoms with E-state index in [2.05, 4.69) is 10.2 Å². The zero-order valence-corrected chi connectivity index (χ0v) is 20.8. The number of hydrogen-bond donors (Lipinski definition) is 0. The topological polar surface area (TPSA) is 72.5 Å². The summed E-state index contributed by atoms with van der Waals surface area (Å²) < 4.78 is 3.61. The minimum Gasteiger partial charge on any atom is -0.345 e. The van der Waals surface area contributed by atoms with Crippen molar-refractivity contribution < 1.29 is 4.79 Å². The Bertz CT molecular complexity index is 1630. The van der Waals surface area contributed by atoms with Crippen LogP contribution in [0, 0.1) is 13.8 Å². The maximum Gasteiger partial charge on any atom is 0.267 e. The molecule has 8 heteroatoms. The van der Waals surface area contributed by atoms with Crippen LogP contribution in [-0.4, -0.2) is 44.1 Å². The summed E-state index contributed by atoms with van der Waals surface area (Å²) in [6.45, 7) is 4.05. The molecule has 3 aromatic carbocycles. The molecule has 0 aliphatic rings. The van der Waals surface area contributed by atoms with Crippen molar-refractivity contribution in [3.8, 4) is 5.69 Å². The van der Waals surface area contributed by atoms with Gasteiger partial charge in [-0.1, -0.05) is 48.2 Å². The normalized spacial score (nSPS) is 11.3. The molecule has 0 bridgehead atoms. The predicted molar refractivity (Wildman–Crippen MR) is 140 cm³/mol. The van der Waals surface area contributed by atoms with E-state index in [1.54, 1.807) is 35.3 Å².